The van der Waals surface area contributed by atoms with Crippen molar-refractivity contribution in [3.05, 3.63) is 64.2 Å². The van der Waals surface area contributed by atoms with Gasteiger partial charge in [-0.25, -0.2) is 0 Å². The van der Waals surface area contributed by atoms with Crippen LogP contribution in [0.5, 0.6) is 0 Å². The third-order valence-electron chi connectivity index (χ3n) is 3.42. The number of benzene rings is 2. The molecule has 2 rings (SSSR count). The van der Waals surface area contributed by atoms with Gasteiger partial charge in [-0.15, -0.1) is 0 Å². The lowest BCUT2D eigenvalue weighted by molar-refractivity contribution is 0.748. The molecule has 0 aliphatic carbocycles. The van der Waals surface area contributed by atoms with E-state index in [1.165, 1.54) is 16.7 Å². The molecule has 19 heavy (non-hydrogen) atoms. The van der Waals surface area contributed by atoms with Gasteiger partial charge in [0.1, 0.15) is 0 Å². The van der Waals surface area contributed by atoms with Crippen molar-refractivity contribution in [2.24, 2.45) is 0 Å². The molecule has 1 N–H and O–H groups in total. The van der Waals surface area contributed by atoms with Crippen LogP contribution in [0.25, 0.3) is 0 Å². The second-order valence-electron chi connectivity index (χ2n) is 4.98. The normalized spacial score (nSPS) is 12.2. The Kier molecular flexibility index (Phi) is 4.49. The Labute approximate surface area is 120 Å². The van der Waals surface area contributed by atoms with Gasteiger partial charge in [0.2, 0.25) is 0 Å². The first-order valence-electron chi connectivity index (χ1n) is 6.69. The first-order chi connectivity index (χ1) is 9.10. The Hall–Kier alpha value is -1.47. The number of nitrogens with one attached hydrogen (secondary N) is 1. The molecule has 2 aromatic carbocycles. The standard InChI is InChI=1S/C17H20ClN/c1-4-16(14-8-5-12(2)6-9-14)19-17-11-15(18)10-7-13(17)3/h5-11,16,19H,4H2,1-3H3. The van der Waals surface area contributed by atoms with Crippen molar-refractivity contribution in [2.45, 2.75) is 33.2 Å². The van der Waals surface area contributed by atoms with Gasteiger partial charge in [-0.3, -0.25) is 0 Å². The molecule has 2 aromatic rings. The molecule has 0 fully saturated rings. The molecule has 0 radical (unpaired) electrons. The zero-order chi connectivity index (χ0) is 13.8. The average Bonchev–Trinajstić information content (AvgIpc) is 2.41. The van der Waals surface area contributed by atoms with Crippen LogP contribution in [0, 0.1) is 13.8 Å². The Morgan fingerprint density at radius 1 is 1.05 bits per heavy atom. The fraction of sp³-hybridized carbons (Fsp3) is 0.294. The third kappa shape index (κ3) is 3.51. The van der Waals surface area contributed by atoms with Gasteiger partial charge in [0.15, 0.2) is 0 Å². The van der Waals surface area contributed by atoms with E-state index in [2.05, 4.69) is 50.4 Å². The molecule has 0 aromatic heterocycles. The lowest BCUT2D eigenvalue weighted by Gasteiger charge is -2.20. The molecule has 0 bridgehead atoms. The van der Waals surface area contributed by atoms with E-state index in [1.807, 2.05) is 18.2 Å². The minimum absolute atomic E-state index is 0.317. The van der Waals surface area contributed by atoms with E-state index in [-0.39, 0.29) is 0 Å². The molecular weight excluding hydrogens is 254 g/mol. The highest BCUT2D eigenvalue weighted by Crippen LogP contribution is 2.27. The van der Waals surface area contributed by atoms with Gasteiger partial charge < -0.3 is 5.32 Å². The smallest absolute Gasteiger partial charge is 0.0511 e. The second kappa shape index (κ2) is 6.12. The summed E-state index contributed by atoms with van der Waals surface area (Å²) in [6.07, 6.45) is 1.04. The van der Waals surface area contributed by atoms with Gasteiger partial charge in [0.05, 0.1) is 6.04 Å². The van der Waals surface area contributed by atoms with Gasteiger partial charge in [0, 0.05) is 10.7 Å². The number of rotatable bonds is 4. The molecule has 0 aliphatic heterocycles. The van der Waals surface area contributed by atoms with Crippen molar-refractivity contribution in [1.82, 2.24) is 0 Å². The van der Waals surface area contributed by atoms with Crippen molar-refractivity contribution < 1.29 is 0 Å². The molecule has 1 nitrogen and oxygen atoms in total. The first-order valence-corrected chi connectivity index (χ1v) is 7.07. The molecule has 0 spiro atoms. The second-order valence-corrected chi connectivity index (χ2v) is 5.41. The van der Waals surface area contributed by atoms with E-state index in [9.17, 15) is 0 Å². The lowest BCUT2D eigenvalue weighted by Crippen LogP contribution is -2.10. The van der Waals surface area contributed by atoms with Crippen molar-refractivity contribution in [3.63, 3.8) is 0 Å². The topological polar surface area (TPSA) is 12.0 Å². The fourth-order valence-corrected chi connectivity index (χ4v) is 2.33. The Balaban J connectivity index is 2.23. The maximum atomic E-state index is 6.07. The quantitative estimate of drug-likeness (QED) is 0.773. The Morgan fingerprint density at radius 2 is 1.74 bits per heavy atom. The van der Waals surface area contributed by atoms with Crippen LogP contribution in [0.15, 0.2) is 42.5 Å². The van der Waals surface area contributed by atoms with Gasteiger partial charge in [-0.05, 0) is 43.5 Å². The summed E-state index contributed by atoms with van der Waals surface area (Å²) in [4.78, 5) is 0. The molecule has 0 saturated carbocycles. The SMILES string of the molecule is CCC(Nc1cc(Cl)ccc1C)c1ccc(C)cc1. The molecule has 1 atom stereocenters. The summed E-state index contributed by atoms with van der Waals surface area (Å²) in [6, 6.07) is 15.0. The Bertz CT molecular complexity index is 546. The van der Waals surface area contributed by atoms with Crippen LogP contribution in [-0.2, 0) is 0 Å². The molecule has 0 amide bonds. The summed E-state index contributed by atoms with van der Waals surface area (Å²) < 4.78 is 0. The first kappa shape index (κ1) is 14.0. The zero-order valence-corrected chi connectivity index (χ0v) is 12.5. The van der Waals surface area contributed by atoms with E-state index >= 15 is 0 Å². The minimum atomic E-state index is 0.317. The summed E-state index contributed by atoms with van der Waals surface area (Å²) in [5.41, 5.74) is 4.93. The summed E-state index contributed by atoms with van der Waals surface area (Å²) in [5.74, 6) is 0. The van der Waals surface area contributed by atoms with E-state index < -0.39 is 0 Å². The number of hydrogen-bond acceptors (Lipinski definition) is 1. The fourth-order valence-electron chi connectivity index (χ4n) is 2.16. The van der Waals surface area contributed by atoms with Crippen LogP contribution in [0.3, 0.4) is 0 Å². The van der Waals surface area contributed by atoms with E-state index in [1.54, 1.807) is 0 Å². The maximum absolute atomic E-state index is 6.07. The van der Waals surface area contributed by atoms with Gasteiger partial charge in [0.25, 0.3) is 0 Å². The molecular formula is C17H20ClN. The zero-order valence-electron chi connectivity index (χ0n) is 11.7. The lowest BCUT2D eigenvalue weighted by atomic mass is 10.0. The molecule has 100 valence electrons. The van der Waals surface area contributed by atoms with Crippen molar-refractivity contribution in [1.29, 1.82) is 0 Å². The van der Waals surface area contributed by atoms with Crippen LogP contribution >= 0.6 is 11.6 Å². The van der Waals surface area contributed by atoms with Crippen LogP contribution in [0.1, 0.15) is 36.1 Å². The van der Waals surface area contributed by atoms with Crippen molar-refractivity contribution >= 4 is 17.3 Å². The number of anilines is 1. The molecule has 2 heteroatoms. The molecule has 0 heterocycles. The van der Waals surface area contributed by atoms with Crippen LogP contribution in [0.2, 0.25) is 5.02 Å². The highest BCUT2D eigenvalue weighted by Gasteiger charge is 2.10. The number of aryl methyl sites for hydroxylation is 2. The van der Waals surface area contributed by atoms with Gasteiger partial charge >= 0.3 is 0 Å². The van der Waals surface area contributed by atoms with Crippen LogP contribution in [0.4, 0.5) is 5.69 Å². The summed E-state index contributed by atoms with van der Waals surface area (Å²) >= 11 is 6.07. The monoisotopic (exact) mass is 273 g/mol. The largest absolute Gasteiger partial charge is 0.378 e. The van der Waals surface area contributed by atoms with Gasteiger partial charge in [-0.1, -0.05) is 54.4 Å². The Morgan fingerprint density at radius 3 is 2.37 bits per heavy atom. The third-order valence-corrected chi connectivity index (χ3v) is 3.65. The van der Waals surface area contributed by atoms with E-state index in [4.69, 9.17) is 11.6 Å². The van der Waals surface area contributed by atoms with Crippen molar-refractivity contribution in [2.75, 3.05) is 5.32 Å². The average molecular weight is 274 g/mol. The molecule has 0 aliphatic rings. The van der Waals surface area contributed by atoms with E-state index in [0.29, 0.717) is 6.04 Å². The minimum Gasteiger partial charge on any atom is -0.378 e. The van der Waals surface area contributed by atoms with Crippen molar-refractivity contribution in [3.8, 4) is 0 Å². The van der Waals surface area contributed by atoms with Crippen LogP contribution in [-0.4, -0.2) is 0 Å². The molecule has 0 saturated heterocycles. The summed E-state index contributed by atoms with van der Waals surface area (Å²) in [5, 5.41) is 4.36. The number of hydrogen-bond donors (Lipinski definition) is 1. The predicted octanol–water partition coefficient (Wildman–Crippen LogP) is 5.52. The highest BCUT2D eigenvalue weighted by molar-refractivity contribution is 6.30. The van der Waals surface area contributed by atoms with E-state index in [0.717, 1.165) is 17.1 Å². The van der Waals surface area contributed by atoms with Crippen LogP contribution < -0.4 is 5.32 Å². The summed E-state index contributed by atoms with van der Waals surface area (Å²) in [7, 11) is 0. The number of halogens is 1. The molecule has 1 unspecified atom stereocenters. The predicted molar refractivity (Wildman–Crippen MR) is 84.0 cm³/mol. The summed E-state index contributed by atoms with van der Waals surface area (Å²) in [6.45, 7) is 6.40. The van der Waals surface area contributed by atoms with Gasteiger partial charge in [-0.2, -0.15) is 0 Å². The highest BCUT2D eigenvalue weighted by atomic mass is 35.5. The maximum Gasteiger partial charge on any atom is 0.0511 e.